The summed E-state index contributed by atoms with van der Waals surface area (Å²) in [6.45, 7) is 2.01. The highest BCUT2D eigenvalue weighted by molar-refractivity contribution is 9.11. The zero-order chi connectivity index (χ0) is 12.4. The lowest BCUT2D eigenvalue weighted by molar-refractivity contribution is 0.627. The number of nitrogens with one attached hydrogen (secondary N) is 1. The van der Waals surface area contributed by atoms with E-state index in [0.717, 1.165) is 13.8 Å². The third-order valence-corrected chi connectivity index (χ3v) is 5.08. The normalized spacial score (nSPS) is 12.5. The Kier molecular flexibility index (Phi) is 4.22. The maximum atomic E-state index is 13.7. The number of rotatable bonds is 3. The summed E-state index contributed by atoms with van der Waals surface area (Å²) < 4.78 is 15.4. The van der Waals surface area contributed by atoms with Crippen molar-refractivity contribution in [3.63, 3.8) is 0 Å². The van der Waals surface area contributed by atoms with Crippen LogP contribution in [0.3, 0.4) is 0 Å². The van der Waals surface area contributed by atoms with Gasteiger partial charge in [-0.2, -0.15) is 0 Å². The molecule has 0 aliphatic carbocycles. The van der Waals surface area contributed by atoms with E-state index in [2.05, 4.69) is 37.2 Å². The molecule has 0 bridgehead atoms. The molecule has 2 aromatic rings. The molecule has 1 N–H and O–H groups in total. The molecule has 0 radical (unpaired) electrons. The molecule has 1 heterocycles. The fourth-order valence-corrected chi connectivity index (χ4v) is 3.71. The molecule has 0 saturated carbocycles. The van der Waals surface area contributed by atoms with Crippen molar-refractivity contribution in [1.29, 1.82) is 0 Å². The van der Waals surface area contributed by atoms with Gasteiger partial charge in [-0.15, -0.1) is 11.3 Å². The molecule has 5 heteroatoms. The summed E-state index contributed by atoms with van der Waals surface area (Å²) in [4.78, 5) is 1.15. The number of anilines is 1. The largest absolute Gasteiger partial charge is 0.374 e. The number of halogens is 3. The van der Waals surface area contributed by atoms with Gasteiger partial charge in [0.25, 0.3) is 0 Å². The van der Waals surface area contributed by atoms with Gasteiger partial charge in [-0.25, -0.2) is 4.39 Å². The topological polar surface area (TPSA) is 12.0 Å². The van der Waals surface area contributed by atoms with Crippen molar-refractivity contribution in [1.82, 2.24) is 0 Å². The third kappa shape index (κ3) is 2.89. The SMILES string of the molecule is CC(Nc1c(F)cccc1Br)c1sccc1Br. The van der Waals surface area contributed by atoms with Crippen LogP contribution >= 0.6 is 43.2 Å². The zero-order valence-corrected chi connectivity index (χ0v) is 13.0. The van der Waals surface area contributed by atoms with E-state index < -0.39 is 0 Å². The second-order valence-electron chi connectivity index (χ2n) is 3.60. The Bertz CT molecular complexity index is 507. The number of para-hydroxylation sites is 1. The molecule has 1 aromatic heterocycles. The Morgan fingerprint density at radius 2 is 2.00 bits per heavy atom. The smallest absolute Gasteiger partial charge is 0.147 e. The second-order valence-corrected chi connectivity index (χ2v) is 6.25. The molecule has 0 fully saturated rings. The summed E-state index contributed by atoms with van der Waals surface area (Å²) in [6.07, 6.45) is 0. The van der Waals surface area contributed by atoms with Crippen molar-refractivity contribution in [3.8, 4) is 0 Å². The standard InChI is InChI=1S/C12H10Br2FNS/c1-7(12-9(14)5-6-17-12)16-11-8(13)3-2-4-10(11)15/h2-7,16H,1H3. The van der Waals surface area contributed by atoms with E-state index in [1.807, 2.05) is 24.4 Å². The highest BCUT2D eigenvalue weighted by atomic mass is 79.9. The first-order valence-corrected chi connectivity index (χ1v) is 7.49. The third-order valence-electron chi connectivity index (χ3n) is 2.36. The maximum Gasteiger partial charge on any atom is 0.147 e. The predicted molar refractivity (Wildman–Crippen MR) is 78.2 cm³/mol. The van der Waals surface area contributed by atoms with Gasteiger partial charge >= 0.3 is 0 Å². The first-order valence-electron chi connectivity index (χ1n) is 5.03. The molecule has 0 spiro atoms. The van der Waals surface area contributed by atoms with E-state index in [1.165, 1.54) is 6.07 Å². The summed E-state index contributed by atoms with van der Waals surface area (Å²) in [7, 11) is 0. The first-order chi connectivity index (χ1) is 8.09. The van der Waals surface area contributed by atoms with Crippen molar-refractivity contribution >= 4 is 48.9 Å². The van der Waals surface area contributed by atoms with E-state index in [0.29, 0.717) is 5.69 Å². The molecule has 1 nitrogen and oxygen atoms in total. The van der Waals surface area contributed by atoms with E-state index in [9.17, 15) is 4.39 Å². The van der Waals surface area contributed by atoms with Crippen LogP contribution in [0.4, 0.5) is 10.1 Å². The lowest BCUT2D eigenvalue weighted by Gasteiger charge is -2.16. The van der Waals surface area contributed by atoms with Crippen LogP contribution in [0.5, 0.6) is 0 Å². The number of thiophene rings is 1. The maximum absolute atomic E-state index is 13.7. The average molecular weight is 379 g/mol. The molecule has 0 aliphatic rings. The van der Waals surface area contributed by atoms with Gasteiger partial charge in [0.15, 0.2) is 0 Å². The Hall–Kier alpha value is -0.390. The number of hydrogen-bond acceptors (Lipinski definition) is 2. The summed E-state index contributed by atoms with van der Waals surface area (Å²) in [5.41, 5.74) is 0.500. The van der Waals surface area contributed by atoms with Gasteiger partial charge in [0, 0.05) is 13.8 Å². The molecule has 0 aliphatic heterocycles. The van der Waals surface area contributed by atoms with Crippen LogP contribution in [-0.2, 0) is 0 Å². The van der Waals surface area contributed by atoms with Crippen LogP contribution in [0, 0.1) is 5.82 Å². The fourth-order valence-electron chi connectivity index (χ4n) is 1.53. The molecule has 1 aromatic carbocycles. The van der Waals surface area contributed by atoms with E-state index in [-0.39, 0.29) is 11.9 Å². The molecule has 17 heavy (non-hydrogen) atoms. The van der Waals surface area contributed by atoms with Crippen LogP contribution in [0.2, 0.25) is 0 Å². The Labute approximate surface area is 120 Å². The molecule has 1 atom stereocenters. The van der Waals surface area contributed by atoms with E-state index in [1.54, 1.807) is 17.4 Å². The molecule has 90 valence electrons. The summed E-state index contributed by atoms with van der Waals surface area (Å²) >= 11 is 8.47. The number of hydrogen-bond donors (Lipinski definition) is 1. The molecule has 1 unspecified atom stereocenters. The Morgan fingerprint density at radius 3 is 2.59 bits per heavy atom. The van der Waals surface area contributed by atoms with Crippen LogP contribution < -0.4 is 5.32 Å². The van der Waals surface area contributed by atoms with Crippen molar-refractivity contribution < 1.29 is 4.39 Å². The fraction of sp³-hybridized carbons (Fsp3) is 0.167. The van der Waals surface area contributed by atoms with Crippen LogP contribution in [0.1, 0.15) is 17.8 Å². The first kappa shape index (κ1) is 13.1. The summed E-state index contributed by atoms with van der Waals surface area (Å²) in [5.74, 6) is -0.251. The second kappa shape index (κ2) is 5.50. The van der Waals surface area contributed by atoms with Crippen molar-refractivity contribution in [2.24, 2.45) is 0 Å². The van der Waals surface area contributed by atoms with Crippen molar-refractivity contribution in [2.75, 3.05) is 5.32 Å². The van der Waals surface area contributed by atoms with Gasteiger partial charge in [-0.3, -0.25) is 0 Å². The molecule has 0 amide bonds. The van der Waals surface area contributed by atoms with Gasteiger partial charge in [0.05, 0.1) is 11.7 Å². The van der Waals surface area contributed by atoms with Crippen molar-refractivity contribution in [3.05, 3.63) is 49.3 Å². The number of benzene rings is 1. The lowest BCUT2D eigenvalue weighted by Crippen LogP contribution is -2.07. The summed E-state index contributed by atoms with van der Waals surface area (Å²) in [5, 5.41) is 5.19. The monoisotopic (exact) mass is 377 g/mol. The lowest BCUT2D eigenvalue weighted by atomic mass is 10.2. The van der Waals surface area contributed by atoms with Gasteiger partial charge in [0.1, 0.15) is 5.82 Å². The highest BCUT2D eigenvalue weighted by Gasteiger charge is 2.14. The van der Waals surface area contributed by atoms with Crippen LogP contribution in [0.25, 0.3) is 0 Å². The zero-order valence-electron chi connectivity index (χ0n) is 9.01. The molecule has 2 rings (SSSR count). The minimum Gasteiger partial charge on any atom is -0.374 e. The van der Waals surface area contributed by atoms with E-state index in [4.69, 9.17) is 0 Å². The summed E-state index contributed by atoms with van der Waals surface area (Å²) in [6, 6.07) is 6.99. The minimum atomic E-state index is -0.251. The van der Waals surface area contributed by atoms with Gasteiger partial charge < -0.3 is 5.32 Å². The van der Waals surface area contributed by atoms with Gasteiger partial charge in [-0.1, -0.05) is 6.07 Å². The average Bonchev–Trinajstić information content (AvgIpc) is 2.70. The highest BCUT2D eigenvalue weighted by Crippen LogP contribution is 2.34. The van der Waals surface area contributed by atoms with Crippen LogP contribution in [-0.4, -0.2) is 0 Å². The van der Waals surface area contributed by atoms with Gasteiger partial charge in [-0.05, 0) is 62.4 Å². The molecular formula is C12H10Br2FNS. The quantitative estimate of drug-likeness (QED) is 0.734. The molecular weight excluding hydrogens is 369 g/mol. The Morgan fingerprint density at radius 1 is 1.24 bits per heavy atom. The predicted octanol–water partition coefficient (Wildman–Crippen LogP) is 5.59. The van der Waals surface area contributed by atoms with Crippen molar-refractivity contribution in [2.45, 2.75) is 13.0 Å². The van der Waals surface area contributed by atoms with Crippen LogP contribution in [0.15, 0.2) is 38.6 Å². The minimum absolute atomic E-state index is 0.0533. The Balaban J connectivity index is 2.25. The van der Waals surface area contributed by atoms with Gasteiger partial charge in [0.2, 0.25) is 0 Å². The van der Waals surface area contributed by atoms with E-state index >= 15 is 0 Å². The molecule has 0 saturated heterocycles.